The van der Waals surface area contributed by atoms with Crippen LogP contribution in [-0.2, 0) is 25.5 Å². The molecule has 0 amide bonds. The van der Waals surface area contributed by atoms with Gasteiger partial charge in [-0.15, -0.1) is 0 Å². The van der Waals surface area contributed by atoms with Gasteiger partial charge in [0.1, 0.15) is 6.10 Å². The molecular weight excluding hydrogens is 452 g/mol. The van der Waals surface area contributed by atoms with Crippen LogP contribution >= 0.6 is 0 Å². The van der Waals surface area contributed by atoms with Crippen molar-refractivity contribution in [2.45, 2.75) is 26.4 Å². The lowest BCUT2D eigenvalue weighted by Gasteiger charge is -2.32. The van der Waals surface area contributed by atoms with E-state index in [-0.39, 0.29) is 18.5 Å². The van der Waals surface area contributed by atoms with E-state index in [2.05, 4.69) is 0 Å². The van der Waals surface area contributed by atoms with E-state index in [1.165, 1.54) is 0 Å². The number of carbonyl (C=O) groups excluding carboxylic acids is 2. The van der Waals surface area contributed by atoms with Crippen molar-refractivity contribution in [3.05, 3.63) is 47.0 Å². The molecule has 2 aromatic carbocycles. The number of esters is 2. The van der Waals surface area contributed by atoms with E-state index in [0.29, 0.717) is 40.6 Å². The monoisotopic (exact) mass is 482 g/mol. The molecule has 0 aromatic heterocycles. The Bertz CT molecular complexity index is 1180. The molecule has 8 nitrogen and oxygen atoms in total. The largest absolute Gasteiger partial charge is 0.493 e. The summed E-state index contributed by atoms with van der Waals surface area (Å²) in [5.41, 5.74) is 3.50. The minimum atomic E-state index is -0.771. The molecule has 1 heterocycles. The van der Waals surface area contributed by atoms with Crippen LogP contribution in [0.5, 0.6) is 23.0 Å². The van der Waals surface area contributed by atoms with Gasteiger partial charge in [0, 0.05) is 22.6 Å². The van der Waals surface area contributed by atoms with E-state index in [1.54, 1.807) is 54.4 Å². The number of fused-ring (bicyclic) bond motifs is 4. The Morgan fingerprint density at radius 2 is 1.69 bits per heavy atom. The second-order valence-electron chi connectivity index (χ2n) is 8.53. The van der Waals surface area contributed by atoms with Gasteiger partial charge in [-0.3, -0.25) is 4.79 Å². The van der Waals surface area contributed by atoms with Crippen molar-refractivity contribution in [3.8, 4) is 34.1 Å². The molecule has 3 atom stereocenters. The van der Waals surface area contributed by atoms with Crippen LogP contribution in [0.1, 0.15) is 31.1 Å². The average Bonchev–Trinajstić information content (AvgIpc) is 3.23. The van der Waals surface area contributed by atoms with Gasteiger partial charge in [-0.25, -0.2) is 4.79 Å². The smallest absolute Gasteiger partial charge is 0.333 e. The quantitative estimate of drug-likeness (QED) is 0.445. The predicted octanol–water partition coefficient (Wildman–Crippen LogP) is 4.28. The van der Waals surface area contributed by atoms with Crippen LogP contribution in [0.25, 0.3) is 11.1 Å². The molecule has 0 bridgehead atoms. The van der Waals surface area contributed by atoms with E-state index >= 15 is 0 Å². The SMILES string of the molecule is CC=C(C)C(=O)O[C@@H]1c2cc(OC)c(OC)cc2-c2c(ccc(OC)c2OC)C[C@H]2C(=O)OC[C@H]12. The molecule has 1 aliphatic heterocycles. The van der Waals surface area contributed by atoms with Crippen molar-refractivity contribution < 1.29 is 38.0 Å². The first-order valence-electron chi connectivity index (χ1n) is 11.4. The molecule has 2 aromatic rings. The van der Waals surface area contributed by atoms with Crippen LogP contribution < -0.4 is 18.9 Å². The Balaban J connectivity index is 2.06. The lowest BCUT2D eigenvalue weighted by molar-refractivity contribution is -0.149. The van der Waals surface area contributed by atoms with E-state index in [1.807, 2.05) is 18.2 Å². The van der Waals surface area contributed by atoms with Crippen molar-refractivity contribution in [1.29, 1.82) is 0 Å². The standard InChI is InChI=1S/C27H30O8/c1-7-14(2)26(28)35-24-17-12-22(32-5)21(31-4)11-16(17)23-15(8-9-20(30-3)25(23)33-6)10-18-19(24)13-34-27(18)29/h7-9,11-12,18-19,24H,10,13H2,1-6H3/t18-,19+,24-/m1/s1. The molecule has 1 saturated heterocycles. The highest BCUT2D eigenvalue weighted by molar-refractivity contribution is 5.89. The second-order valence-corrected chi connectivity index (χ2v) is 8.53. The van der Waals surface area contributed by atoms with Gasteiger partial charge >= 0.3 is 11.9 Å². The number of carbonyl (C=O) groups is 2. The Hall–Kier alpha value is -3.68. The van der Waals surface area contributed by atoms with Gasteiger partial charge in [-0.2, -0.15) is 0 Å². The third kappa shape index (κ3) is 4.17. The van der Waals surface area contributed by atoms with Crippen molar-refractivity contribution >= 4 is 11.9 Å². The Kier molecular flexibility index (Phi) is 6.91. The topological polar surface area (TPSA) is 89.5 Å². The van der Waals surface area contributed by atoms with Gasteiger partial charge in [-0.1, -0.05) is 12.1 Å². The highest BCUT2D eigenvalue weighted by atomic mass is 16.6. The normalized spacial score (nSPS) is 20.9. The highest BCUT2D eigenvalue weighted by Gasteiger charge is 2.47. The van der Waals surface area contributed by atoms with Gasteiger partial charge < -0.3 is 28.4 Å². The van der Waals surface area contributed by atoms with E-state index in [0.717, 1.165) is 16.7 Å². The maximum absolute atomic E-state index is 13.0. The summed E-state index contributed by atoms with van der Waals surface area (Å²) in [5, 5.41) is 0. The second kappa shape index (κ2) is 9.90. The van der Waals surface area contributed by atoms with Crippen molar-refractivity contribution in [2.75, 3.05) is 35.0 Å². The lowest BCUT2D eigenvalue weighted by Crippen LogP contribution is -2.30. The van der Waals surface area contributed by atoms with E-state index < -0.39 is 18.0 Å². The van der Waals surface area contributed by atoms with Crippen molar-refractivity contribution in [1.82, 2.24) is 0 Å². The van der Waals surface area contributed by atoms with E-state index in [9.17, 15) is 9.59 Å². The molecule has 0 unspecified atom stereocenters. The Morgan fingerprint density at radius 1 is 1.00 bits per heavy atom. The molecule has 35 heavy (non-hydrogen) atoms. The zero-order valence-electron chi connectivity index (χ0n) is 20.8. The third-order valence-electron chi connectivity index (χ3n) is 6.82. The molecule has 1 fully saturated rings. The molecule has 8 heteroatoms. The summed E-state index contributed by atoms with van der Waals surface area (Å²) < 4.78 is 34.1. The number of methoxy groups -OCH3 is 4. The zero-order chi connectivity index (χ0) is 25.3. The zero-order valence-corrected chi connectivity index (χ0v) is 20.8. The summed E-state index contributed by atoms with van der Waals surface area (Å²) >= 11 is 0. The fourth-order valence-corrected chi connectivity index (χ4v) is 4.83. The Morgan fingerprint density at radius 3 is 2.31 bits per heavy atom. The molecule has 0 N–H and O–H groups in total. The first-order valence-corrected chi connectivity index (χ1v) is 11.4. The molecule has 0 radical (unpaired) electrons. The molecular formula is C27H30O8. The van der Waals surface area contributed by atoms with Crippen LogP contribution in [-0.4, -0.2) is 47.0 Å². The van der Waals surface area contributed by atoms with Gasteiger partial charge in [0.05, 0.1) is 41.0 Å². The summed E-state index contributed by atoms with van der Waals surface area (Å²) in [6.45, 7) is 3.61. The predicted molar refractivity (Wildman–Crippen MR) is 128 cm³/mol. The van der Waals surface area contributed by atoms with Crippen LogP contribution in [0.15, 0.2) is 35.9 Å². The summed E-state index contributed by atoms with van der Waals surface area (Å²) in [7, 11) is 6.23. The molecule has 4 rings (SSSR count). The number of cyclic esters (lactones) is 1. The summed E-state index contributed by atoms with van der Waals surface area (Å²) in [6.07, 6.45) is 1.31. The van der Waals surface area contributed by atoms with E-state index in [4.69, 9.17) is 28.4 Å². The highest BCUT2D eigenvalue weighted by Crippen LogP contribution is 2.52. The third-order valence-corrected chi connectivity index (χ3v) is 6.82. The molecule has 186 valence electrons. The number of allylic oxidation sites excluding steroid dienone is 1. The van der Waals surface area contributed by atoms with Crippen molar-refractivity contribution in [3.63, 3.8) is 0 Å². The van der Waals surface area contributed by atoms with Gasteiger partial charge in [-0.05, 0) is 49.6 Å². The minimum absolute atomic E-state index is 0.146. The molecule has 1 aliphatic carbocycles. The van der Waals surface area contributed by atoms with Crippen LogP contribution in [0.2, 0.25) is 0 Å². The van der Waals surface area contributed by atoms with Crippen LogP contribution in [0, 0.1) is 11.8 Å². The molecule has 0 spiro atoms. The maximum atomic E-state index is 13.0. The average molecular weight is 483 g/mol. The number of benzene rings is 2. The summed E-state index contributed by atoms with van der Waals surface area (Å²) in [5.74, 6) is 0.368. The first-order chi connectivity index (χ1) is 16.9. The first kappa shape index (κ1) is 24.4. The number of rotatable bonds is 6. The van der Waals surface area contributed by atoms with Gasteiger partial charge in [0.25, 0.3) is 0 Å². The van der Waals surface area contributed by atoms with Crippen LogP contribution in [0.3, 0.4) is 0 Å². The maximum Gasteiger partial charge on any atom is 0.333 e. The number of hydrogen-bond acceptors (Lipinski definition) is 8. The minimum Gasteiger partial charge on any atom is -0.493 e. The fourth-order valence-electron chi connectivity index (χ4n) is 4.83. The van der Waals surface area contributed by atoms with Gasteiger partial charge in [0.2, 0.25) is 0 Å². The number of ether oxygens (including phenoxy) is 6. The van der Waals surface area contributed by atoms with Crippen molar-refractivity contribution in [2.24, 2.45) is 11.8 Å². The number of hydrogen-bond donors (Lipinski definition) is 0. The molecule has 0 saturated carbocycles. The molecule has 2 aliphatic rings. The Labute approximate surface area is 204 Å². The summed E-state index contributed by atoms with van der Waals surface area (Å²) in [6, 6.07) is 7.39. The van der Waals surface area contributed by atoms with Gasteiger partial charge in [0.15, 0.2) is 23.0 Å². The summed E-state index contributed by atoms with van der Waals surface area (Å²) in [4.78, 5) is 25.8. The van der Waals surface area contributed by atoms with Crippen LogP contribution in [0.4, 0.5) is 0 Å². The lowest BCUT2D eigenvalue weighted by atomic mass is 9.76. The fraction of sp³-hybridized carbons (Fsp3) is 0.407.